The van der Waals surface area contributed by atoms with Crippen molar-refractivity contribution in [3.05, 3.63) is 27.8 Å². The van der Waals surface area contributed by atoms with E-state index >= 15 is 0 Å². The first-order valence-electron chi connectivity index (χ1n) is 5.26. The number of rotatable bonds is 4. The normalized spacial score (nSPS) is 12.9. The van der Waals surface area contributed by atoms with Crippen molar-refractivity contribution in [1.82, 2.24) is 23.8 Å². The number of nitrogens with one attached hydrogen (secondary N) is 1. The minimum absolute atomic E-state index is 0.167. The first-order chi connectivity index (χ1) is 8.13. The third-order valence-electron chi connectivity index (χ3n) is 2.74. The average molecular weight is 316 g/mol. The molecular weight excluding hydrogens is 302 g/mol. The van der Waals surface area contributed by atoms with Gasteiger partial charge in [-0.1, -0.05) is 0 Å². The smallest absolute Gasteiger partial charge is 0.0916 e. The lowest BCUT2D eigenvalue weighted by molar-refractivity contribution is 0.551. The van der Waals surface area contributed by atoms with Crippen LogP contribution < -0.4 is 5.32 Å². The number of aryl methyl sites for hydroxylation is 2. The highest BCUT2D eigenvalue weighted by molar-refractivity contribution is 9.10. The maximum Gasteiger partial charge on any atom is 0.0916 e. The first kappa shape index (κ1) is 12.7. The van der Waals surface area contributed by atoms with E-state index < -0.39 is 0 Å². The zero-order valence-electron chi connectivity index (χ0n) is 9.94. The summed E-state index contributed by atoms with van der Waals surface area (Å²) in [5.41, 5.74) is 3.15. The fraction of sp³-hybridized carbons (Fsp3) is 0.500. The van der Waals surface area contributed by atoms with E-state index in [1.54, 1.807) is 0 Å². The maximum absolute atomic E-state index is 4.39. The Morgan fingerprint density at radius 1 is 1.59 bits per heavy atom. The lowest BCUT2D eigenvalue weighted by Gasteiger charge is -2.13. The van der Waals surface area contributed by atoms with Gasteiger partial charge in [-0.05, 0) is 29.9 Å². The van der Waals surface area contributed by atoms with E-state index in [4.69, 9.17) is 0 Å². The van der Waals surface area contributed by atoms with Gasteiger partial charge in [-0.3, -0.25) is 4.68 Å². The van der Waals surface area contributed by atoms with Crippen molar-refractivity contribution >= 4 is 27.7 Å². The summed E-state index contributed by atoms with van der Waals surface area (Å²) in [7, 11) is 3.89. The Morgan fingerprint density at radius 3 is 2.82 bits per heavy atom. The third-order valence-corrected chi connectivity index (χ3v) is 4.27. The summed E-state index contributed by atoms with van der Waals surface area (Å²) < 4.78 is 11.3. The Labute approximate surface area is 113 Å². The molecule has 92 valence electrons. The van der Waals surface area contributed by atoms with Gasteiger partial charge in [0.1, 0.15) is 0 Å². The number of halogens is 1. The molecule has 0 saturated carbocycles. The molecule has 0 saturated heterocycles. The second-order valence-electron chi connectivity index (χ2n) is 3.85. The predicted molar refractivity (Wildman–Crippen MR) is 71.1 cm³/mol. The summed E-state index contributed by atoms with van der Waals surface area (Å²) in [5, 5.41) is 7.65. The minimum Gasteiger partial charge on any atom is -0.311 e. The molecule has 2 heterocycles. The molecule has 0 radical (unpaired) electrons. The topological polar surface area (TPSA) is 55.6 Å². The number of hydrogen-bond donors (Lipinski definition) is 1. The van der Waals surface area contributed by atoms with Crippen LogP contribution >= 0.6 is 27.7 Å². The van der Waals surface area contributed by atoms with Gasteiger partial charge in [0.25, 0.3) is 0 Å². The fourth-order valence-corrected chi connectivity index (χ4v) is 2.74. The Kier molecular flexibility index (Phi) is 3.90. The number of nitrogens with zero attached hydrogens (tertiary/aromatic N) is 4. The van der Waals surface area contributed by atoms with Crippen LogP contribution in [0.3, 0.4) is 0 Å². The molecule has 7 heteroatoms. The molecule has 2 rings (SSSR count). The first-order valence-corrected chi connectivity index (χ1v) is 6.78. The minimum atomic E-state index is 0.167. The van der Waals surface area contributed by atoms with Crippen LogP contribution in [0.5, 0.6) is 0 Å². The molecule has 5 nitrogen and oxygen atoms in total. The number of hydrogen-bond acceptors (Lipinski definition) is 5. The van der Waals surface area contributed by atoms with E-state index in [0.717, 1.165) is 28.0 Å². The van der Waals surface area contributed by atoms with Crippen molar-refractivity contribution in [2.45, 2.75) is 19.4 Å². The summed E-state index contributed by atoms with van der Waals surface area (Å²) in [5.74, 6) is 0. The van der Waals surface area contributed by atoms with Crippen molar-refractivity contribution < 1.29 is 0 Å². The average Bonchev–Trinajstić information content (AvgIpc) is 2.89. The molecule has 0 bridgehead atoms. The molecule has 0 spiro atoms. The van der Waals surface area contributed by atoms with Crippen molar-refractivity contribution in [2.24, 2.45) is 7.05 Å². The molecule has 0 fully saturated rings. The largest absolute Gasteiger partial charge is 0.311 e. The Hall–Kier alpha value is -0.790. The molecule has 0 aromatic carbocycles. The standard InChI is InChI=1S/C10H14BrN5S/c1-6-10(11)9(16(3)14-6)4-7(12-2)8-5-13-17-15-8/h5,7,12H,4H2,1-3H3. The lowest BCUT2D eigenvalue weighted by atomic mass is 10.1. The third kappa shape index (κ3) is 2.56. The van der Waals surface area contributed by atoms with E-state index in [-0.39, 0.29) is 6.04 Å². The van der Waals surface area contributed by atoms with Gasteiger partial charge in [-0.15, -0.1) is 0 Å². The van der Waals surface area contributed by atoms with Gasteiger partial charge in [0.2, 0.25) is 0 Å². The summed E-state index contributed by atoms with van der Waals surface area (Å²) in [6, 6.07) is 0.167. The summed E-state index contributed by atoms with van der Waals surface area (Å²) >= 11 is 4.81. The molecule has 0 aliphatic heterocycles. The van der Waals surface area contributed by atoms with Crippen molar-refractivity contribution in [3.8, 4) is 0 Å². The maximum atomic E-state index is 4.39. The molecule has 17 heavy (non-hydrogen) atoms. The SMILES string of the molecule is CNC(Cc1c(Br)c(C)nn1C)c1cnsn1. The van der Waals surface area contributed by atoms with Crippen LogP contribution in [0.2, 0.25) is 0 Å². The van der Waals surface area contributed by atoms with E-state index in [2.05, 4.69) is 35.1 Å². The molecule has 0 aliphatic carbocycles. The lowest BCUT2D eigenvalue weighted by Crippen LogP contribution is -2.20. The molecular formula is C10H14BrN5S. The highest BCUT2D eigenvalue weighted by Gasteiger charge is 2.18. The molecule has 0 amide bonds. The van der Waals surface area contributed by atoms with Crippen molar-refractivity contribution in [1.29, 1.82) is 0 Å². The van der Waals surface area contributed by atoms with Crippen LogP contribution in [0.1, 0.15) is 23.1 Å². The van der Waals surface area contributed by atoms with Crippen LogP contribution in [0.4, 0.5) is 0 Å². The highest BCUT2D eigenvalue weighted by atomic mass is 79.9. The van der Waals surface area contributed by atoms with Gasteiger partial charge in [-0.2, -0.15) is 13.8 Å². The van der Waals surface area contributed by atoms with Gasteiger partial charge in [0, 0.05) is 13.5 Å². The van der Waals surface area contributed by atoms with E-state index in [1.165, 1.54) is 11.7 Å². The zero-order chi connectivity index (χ0) is 12.4. The Morgan fingerprint density at radius 2 is 2.35 bits per heavy atom. The molecule has 0 aliphatic rings. The summed E-state index contributed by atoms with van der Waals surface area (Å²) in [6.45, 7) is 1.99. The zero-order valence-corrected chi connectivity index (χ0v) is 12.3. The summed E-state index contributed by atoms with van der Waals surface area (Å²) in [4.78, 5) is 0. The Balaban J connectivity index is 2.24. The van der Waals surface area contributed by atoms with Crippen LogP contribution in [-0.2, 0) is 13.5 Å². The highest BCUT2D eigenvalue weighted by Crippen LogP contribution is 2.25. The monoisotopic (exact) mass is 315 g/mol. The van der Waals surface area contributed by atoms with Gasteiger partial charge < -0.3 is 5.32 Å². The van der Waals surface area contributed by atoms with Crippen molar-refractivity contribution in [3.63, 3.8) is 0 Å². The quantitative estimate of drug-likeness (QED) is 0.935. The van der Waals surface area contributed by atoms with Gasteiger partial charge in [-0.25, -0.2) is 0 Å². The van der Waals surface area contributed by atoms with E-state index in [0.29, 0.717) is 0 Å². The van der Waals surface area contributed by atoms with Crippen molar-refractivity contribution in [2.75, 3.05) is 7.05 Å². The molecule has 1 atom stereocenters. The second kappa shape index (κ2) is 5.24. The fourth-order valence-electron chi connectivity index (χ4n) is 1.78. The molecule has 1 unspecified atom stereocenters. The van der Waals surface area contributed by atoms with Crippen LogP contribution in [0, 0.1) is 6.92 Å². The molecule has 2 aromatic rings. The van der Waals surface area contributed by atoms with Crippen LogP contribution in [-0.4, -0.2) is 25.6 Å². The van der Waals surface area contributed by atoms with E-state index in [1.807, 2.05) is 31.9 Å². The van der Waals surface area contributed by atoms with Gasteiger partial charge in [0.15, 0.2) is 0 Å². The number of aromatic nitrogens is 4. The predicted octanol–water partition coefficient (Wildman–Crippen LogP) is 1.85. The van der Waals surface area contributed by atoms with Crippen LogP contribution in [0.25, 0.3) is 0 Å². The molecule has 1 N–H and O–H groups in total. The second-order valence-corrected chi connectivity index (χ2v) is 5.20. The van der Waals surface area contributed by atoms with Gasteiger partial charge in [0.05, 0.1) is 45.5 Å². The van der Waals surface area contributed by atoms with Gasteiger partial charge >= 0.3 is 0 Å². The summed E-state index contributed by atoms with van der Waals surface area (Å²) in [6.07, 6.45) is 2.64. The Bertz CT molecular complexity index is 493. The molecule has 2 aromatic heterocycles. The van der Waals surface area contributed by atoms with E-state index in [9.17, 15) is 0 Å². The van der Waals surface area contributed by atoms with Crippen LogP contribution in [0.15, 0.2) is 10.7 Å². The number of likely N-dealkylation sites (N-methyl/N-ethyl adjacent to an activating group) is 1.